The third-order valence-corrected chi connectivity index (χ3v) is 12.7. The van der Waals surface area contributed by atoms with Crippen molar-refractivity contribution in [2.45, 2.75) is 65.7 Å². The molecule has 67 heavy (non-hydrogen) atoms. The number of likely N-dealkylation sites (tertiary alicyclic amines) is 1. The second kappa shape index (κ2) is 19.7. The van der Waals surface area contributed by atoms with Crippen molar-refractivity contribution in [1.29, 1.82) is 0 Å². The summed E-state index contributed by atoms with van der Waals surface area (Å²) in [5.74, 6) is -1.56. The lowest BCUT2D eigenvalue weighted by Crippen LogP contribution is -2.63. The van der Waals surface area contributed by atoms with Crippen LogP contribution in [0.5, 0.6) is 0 Å². The van der Waals surface area contributed by atoms with Crippen LogP contribution in [0.15, 0.2) is 111 Å². The average Bonchev–Trinajstić information content (AvgIpc) is 4.03. The summed E-state index contributed by atoms with van der Waals surface area (Å²) in [6.45, 7) is 11.3. The summed E-state index contributed by atoms with van der Waals surface area (Å²) in [5, 5.41) is 29.1. The Bertz CT molecular complexity index is 2740. The molecule has 19 nitrogen and oxygen atoms in total. The summed E-state index contributed by atoms with van der Waals surface area (Å²) < 4.78 is 7.12. The summed E-state index contributed by atoms with van der Waals surface area (Å²) >= 11 is 0. The molecule has 0 atom stereocenters. The fourth-order valence-electron chi connectivity index (χ4n) is 9.33. The van der Waals surface area contributed by atoms with E-state index < -0.39 is 17.8 Å². The Hall–Kier alpha value is -7.80. The molecular formula is C48H60N14O5. The van der Waals surface area contributed by atoms with Gasteiger partial charge >= 0.3 is 5.97 Å². The molecule has 3 amide bonds. The molecule has 4 aliphatic rings. The molecule has 2 aliphatic heterocycles. The number of amides is 3. The van der Waals surface area contributed by atoms with E-state index in [1.807, 2.05) is 77.7 Å². The van der Waals surface area contributed by atoms with E-state index in [-0.39, 0.29) is 55.2 Å². The predicted molar refractivity (Wildman–Crippen MR) is 256 cm³/mol. The monoisotopic (exact) mass is 912 g/mol. The van der Waals surface area contributed by atoms with Crippen molar-refractivity contribution >= 4 is 35.3 Å². The van der Waals surface area contributed by atoms with Gasteiger partial charge in [0.15, 0.2) is 0 Å². The van der Waals surface area contributed by atoms with E-state index in [0.29, 0.717) is 41.3 Å². The maximum absolute atomic E-state index is 12.2. The van der Waals surface area contributed by atoms with E-state index in [0.717, 1.165) is 74.6 Å². The Kier molecular flexibility index (Phi) is 14.3. The maximum Gasteiger partial charge on any atom is 0.327 e. The van der Waals surface area contributed by atoms with Crippen LogP contribution in [-0.2, 0) is 22.7 Å². The summed E-state index contributed by atoms with van der Waals surface area (Å²) in [6, 6.07) is 20.3. The van der Waals surface area contributed by atoms with Gasteiger partial charge in [0.05, 0.1) is 37.6 Å². The SMILES string of the molecule is C.C.C=CC(=O)N1CC2(CC(n3nc(-c4cnn(Cc5ccccc5)c4)c(C(N)=O)c3N)C2)C1.C=CC(=O)O.NC(=O)c1c(-c2cnn(Cc3ccccc3)c2)nn(C2CC3(CNC3)C2)c1N. The van der Waals surface area contributed by atoms with Gasteiger partial charge in [-0.2, -0.15) is 20.4 Å². The maximum atomic E-state index is 12.2. The molecule has 10 N–H and O–H groups in total. The number of carbonyl (C=O) groups is 4. The van der Waals surface area contributed by atoms with Crippen molar-refractivity contribution in [3.05, 3.63) is 133 Å². The number of aliphatic carboxylic acids is 1. The molecule has 0 bridgehead atoms. The zero-order chi connectivity index (χ0) is 46.0. The van der Waals surface area contributed by atoms with E-state index in [9.17, 15) is 19.2 Å². The number of carbonyl (C=O) groups excluding carboxylic acids is 3. The summed E-state index contributed by atoms with van der Waals surface area (Å²) in [4.78, 5) is 47.1. The molecule has 2 aromatic carbocycles. The Morgan fingerprint density at radius 3 is 1.43 bits per heavy atom. The first kappa shape index (κ1) is 48.7. The second-order valence-electron chi connectivity index (χ2n) is 17.3. The Balaban J connectivity index is 0.000000197. The van der Waals surface area contributed by atoms with Crippen molar-refractivity contribution in [2.75, 3.05) is 37.6 Å². The van der Waals surface area contributed by atoms with Crippen LogP contribution in [0.3, 0.4) is 0 Å². The highest BCUT2D eigenvalue weighted by molar-refractivity contribution is 6.04. The number of nitrogen functional groups attached to an aromatic ring is 2. The third-order valence-electron chi connectivity index (χ3n) is 12.7. The molecule has 19 heteroatoms. The highest BCUT2D eigenvalue weighted by atomic mass is 16.4. The lowest BCUT2D eigenvalue weighted by molar-refractivity contribution is -0.148. The van der Waals surface area contributed by atoms with E-state index >= 15 is 0 Å². The molecule has 2 aliphatic carbocycles. The normalized spacial score (nSPS) is 17.0. The van der Waals surface area contributed by atoms with Crippen LogP contribution in [0.2, 0.25) is 0 Å². The van der Waals surface area contributed by atoms with Crippen LogP contribution >= 0.6 is 0 Å². The van der Waals surface area contributed by atoms with Crippen molar-refractivity contribution in [3.8, 4) is 22.5 Å². The topological polar surface area (TPSA) is 279 Å². The molecule has 4 fully saturated rings. The molecule has 6 aromatic rings. The van der Waals surface area contributed by atoms with Crippen LogP contribution in [0, 0.1) is 10.8 Å². The fraction of sp³-hybridized carbons (Fsp3) is 0.333. The number of hydrogen-bond donors (Lipinski definition) is 6. The number of benzene rings is 2. The Morgan fingerprint density at radius 1 is 0.687 bits per heavy atom. The lowest BCUT2D eigenvalue weighted by Gasteiger charge is -2.58. The minimum absolute atomic E-state index is 0. The van der Waals surface area contributed by atoms with Crippen molar-refractivity contribution < 1.29 is 24.3 Å². The minimum atomic E-state index is -0.981. The molecule has 2 spiro atoms. The number of anilines is 2. The summed E-state index contributed by atoms with van der Waals surface area (Å²) in [6.07, 6.45) is 13.0. The number of hydrogen-bond acceptors (Lipinski definition) is 11. The van der Waals surface area contributed by atoms with Gasteiger partial charge in [0.1, 0.15) is 34.2 Å². The van der Waals surface area contributed by atoms with Crippen LogP contribution in [0.1, 0.15) is 84.5 Å². The third kappa shape index (κ3) is 9.91. The van der Waals surface area contributed by atoms with Crippen molar-refractivity contribution in [3.63, 3.8) is 0 Å². The summed E-state index contributed by atoms with van der Waals surface area (Å²) in [7, 11) is 0. The predicted octanol–water partition coefficient (Wildman–Crippen LogP) is 4.76. The minimum Gasteiger partial charge on any atom is -0.478 e. The molecule has 2 saturated heterocycles. The molecule has 352 valence electrons. The number of rotatable bonds is 12. The number of nitrogens with one attached hydrogen (secondary N) is 1. The Morgan fingerprint density at radius 2 is 1.09 bits per heavy atom. The second-order valence-corrected chi connectivity index (χ2v) is 17.3. The lowest BCUT2D eigenvalue weighted by atomic mass is 9.60. The van der Waals surface area contributed by atoms with Crippen molar-refractivity contribution in [2.24, 2.45) is 22.3 Å². The molecular weight excluding hydrogens is 853 g/mol. The fourth-order valence-corrected chi connectivity index (χ4v) is 9.33. The average molecular weight is 913 g/mol. The number of nitrogens with two attached hydrogens (primary N) is 4. The largest absolute Gasteiger partial charge is 0.478 e. The van der Waals surface area contributed by atoms with Crippen molar-refractivity contribution in [1.82, 2.24) is 49.3 Å². The zero-order valence-electron chi connectivity index (χ0n) is 35.8. The number of primary amides is 2. The molecule has 0 radical (unpaired) electrons. The molecule has 10 rings (SSSR count). The smallest absolute Gasteiger partial charge is 0.327 e. The van der Waals surface area contributed by atoms with Gasteiger partial charge in [-0.15, -0.1) is 0 Å². The van der Waals surface area contributed by atoms with Crippen LogP contribution in [0.4, 0.5) is 11.6 Å². The van der Waals surface area contributed by atoms with E-state index in [2.05, 4.69) is 38.9 Å². The number of nitrogens with zero attached hydrogens (tertiary/aromatic N) is 9. The van der Waals surface area contributed by atoms with Gasteiger partial charge in [-0.05, 0) is 48.3 Å². The van der Waals surface area contributed by atoms with E-state index in [1.165, 1.54) is 6.08 Å². The van der Waals surface area contributed by atoms with Gasteiger partial charge in [0, 0.05) is 61.2 Å². The Labute approximate surface area is 389 Å². The van der Waals surface area contributed by atoms with E-state index in [1.54, 1.807) is 31.3 Å². The van der Waals surface area contributed by atoms with Gasteiger partial charge in [-0.25, -0.2) is 14.2 Å². The summed E-state index contributed by atoms with van der Waals surface area (Å²) in [5.41, 5.74) is 29.6. The number of carboxylic acids is 1. The first-order valence-corrected chi connectivity index (χ1v) is 21.2. The quantitative estimate of drug-likeness (QED) is 0.0908. The number of carboxylic acid groups (broad SMARTS) is 1. The van der Waals surface area contributed by atoms with Gasteiger partial charge in [0.25, 0.3) is 11.8 Å². The molecule has 4 aromatic heterocycles. The molecule has 0 unspecified atom stereocenters. The first-order valence-electron chi connectivity index (χ1n) is 21.2. The number of aromatic nitrogens is 8. The molecule has 2 saturated carbocycles. The van der Waals surface area contributed by atoms with Crippen LogP contribution < -0.4 is 28.3 Å². The zero-order valence-corrected chi connectivity index (χ0v) is 35.8. The van der Waals surface area contributed by atoms with Crippen LogP contribution in [-0.4, -0.2) is 99.0 Å². The highest BCUT2D eigenvalue weighted by Crippen LogP contribution is 2.55. The highest BCUT2D eigenvalue weighted by Gasteiger charge is 2.55. The van der Waals surface area contributed by atoms with Crippen LogP contribution in [0.25, 0.3) is 22.5 Å². The van der Waals surface area contributed by atoms with Gasteiger partial charge in [-0.1, -0.05) is 88.7 Å². The first-order chi connectivity index (χ1) is 31.2. The van der Waals surface area contributed by atoms with E-state index in [4.69, 9.17) is 28.0 Å². The van der Waals surface area contributed by atoms with Gasteiger partial charge in [0.2, 0.25) is 5.91 Å². The van der Waals surface area contributed by atoms with Gasteiger partial charge in [-0.3, -0.25) is 23.7 Å². The standard InChI is InChI=1S/C23H25N7O2.C20H23N7O.C3H4O2.2CH4/c1-2-18(31)28-13-23(14-28)8-17(9-23)30-21(24)19(22(25)32)20(27-30)16-10-26-29(12-16)11-15-6-4-3-5-7-15;21-18-16(19(22)28)17(25-27(18)15-6-20(7-15)11-23-12-20)14-8-24-26(10-14)9-13-4-2-1-3-5-13;1-2-3(4)5;;/h2-7,10,12,17H,1,8-9,11,13-14,24H2,(H2,25,32);1-5,8,10,15,23H,6-7,9,11-12,21H2,(H2,22,28);2H,1H2,(H,4,5);2*1H4. The van der Waals surface area contributed by atoms with Gasteiger partial charge < -0.3 is 38.3 Å². The molecule has 6 heterocycles.